The minimum atomic E-state index is -0.856. The van der Waals surface area contributed by atoms with Crippen LogP contribution in [-0.4, -0.2) is 28.4 Å². The van der Waals surface area contributed by atoms with E-state index in [1.807, 2.05) is 18.4 Å². The summed E-state index contributed by atoms with van der Waals surface area (Å²) in [7, 11) is 0. The first-order chi connectivity index (χ1) is 8.08. The summed E-state index contributed by atoms with van der Waals surface area (Å²) in [4.78, 5) is 25.6. The Morgan fingerprint density at radius 1 is 1.65 bits per heavy atom. The number of hydrogen-bond acceptors (Lipinski definition) is 3. The fraction of sp³-hybridized carbons (Fsp3) is 0.500. The van der Waals surface area contributed by atoms with E-state index < -0.39 is 11.9 Å². The minimum Gasteiger partial charge on any atom is -0.481 e. The Morgan fingerprint density at radius 2 is 2.41 bits per heavy atom. The molecule has 0 aliphatic carbocycles. The van der Waals surface area contributed by atoms with Crippen LogP contribution in [0.4, 0.5) is 0 Å². The zero-order chi connectivity index (χ0) is 12.4. The summed E-state index contributed by atoms with van der Waals surface area (Å²) in [6.07, 6.45) is 0.700. The Bertz CT molecular complexity index is 441. The van der Waals surface area contributed by atoms with Gasteiger partial charge in [0.25, 0.3) is 0 Å². The highest BCUT2D eigenvalue weighted by molar-refractivity contribution is 7.10. The first-order valence-electron chi connectivity index (χ1n) is 5.61. The number of carboxylic acid groups (broad SMARTS) is 1. The van der Waals surface area contributed by atoms with Crippen molar-refractivity contribution in [3.05, 3.63) is 21.9 Å². The molecule has 92 valence electrons. The van der Waals surface area contributed by atoms with Crippen LogP contribution in [0.15, 0.2) is 11.4 Å². The molecule has 0 saturated carbocycles. The van der Waals surface area contributed by atoms with Crippen LogP contribution >= 0.6 is 11.3 Å². The standard InChI is InChI=1S/C12H15NO3S/c1-8-3-5-17-10(8)7-13-4-2-9(12(15)16)6-11(13)14/h3,5,9H,2,4,6-7H2,1H3,(H,15,16). The molecule has 1 aliphatic heterocycles. The molecule has 1 N–H and O–H groups in total. The maximum Gasteiger partial charge on any atom is 0.307 e. The van der Waals surface area contributed by atoms with E-state index in [-0.39, 0.29) is 12.3 Å². The van der Waals surface area contributed by atoms with Crippen molar-refractivity contribution in [1.29, 1.82) is 0 Å². The predicted molar refractivity (Wildman–Crippen MR) is 64.8 cm³/mol. The van der Waals surface area contributed by atoms with Crippen molar-refractivity contribution in [3.8, 4) is 0 Å². The van der Waals surface area contributed by atoms with Gasteiger partial charge in [-0.1, -0.05) is 0 Å². The van der Waals surface area contributed by atoms with Gasteiger partial charge in [-0.05, 0) is 30.4 Å². The normalized spacial score (nSPS) is 20.6. The summed E-state index contributed by atoms with van der Waals surface area (Å²) in [5, 5.41) is 10.9. The number of carbonyl (C=O) groups is 2. The molecular formula is C12H15NO3S. The lowest BCUT2D eigenvalue weighted by atomic mass is 9.96. The summed E-state index contributed by atoms with van der Waals surface area (Å²) in [6.45, 7) is 3.20. The van der Waals surface area contributed by atoms with Gasteiger partial charge < -0.3 is 10.0 Å². The van der Waals surface area contributed by atoms with Crippen LogP contribution in [0.1, 0.15) is 23.3 Å². The monoisotopic (exact) mass is 253 g/mol. The Morgan fingerprint density at radius 3 is 2.94 bits per heavy atom. The molecule has 1 aromatic heterocycles. The van der Waals surface area contributed by atoms with E-state index in [0.29, 0.717) is 19.5 Å². The predicted octanol–water partition coefficient (Wildman–Crippen LogP) is 1.88. The molecule has 0 radical (unpaired) electrons. The number of amides is 1. The van der Waals surface area contributed by atoms with Gasteiger partial charge in [0.15, 0.2) is 0 Å². The molecule has 1 saturated heterocycles. The third-order valence-electron chi connectivity index (χ3n) is 3.17. The third-order valence-corrected chi connectivity index (χ3v) is 4.18. The van der Waals surface area contributed by atoms with Gasteiger partial charge >= 0.3 is 5.97 Å². The second kappa shape index (κ2) is 4.87. The van der Waals surface area contributed by atoms with Crippen molar-refractivity contribution in [3.63, 3.8) is 0 Å². The zero-order valence-corrected chi connectivity index (χ0v) is 10.5. The largest absolute Gasteiger partial charge is 0.481 e. The lowest BCUT2D eigenvalue weighted by Gasteiger charge is -2.29. The number of carbonyl (C=O) groups excluding carboxylic acids is 1. The number of hydrogen-bond donors (Lipinski definition) is 1. The van der Waals surface area contributed by atoms with Gasteiger partial charge in [-0.15, -0.1) is 11.3 Å². The molecule has 0 bridgehead atoms. The molecule has 2 heterocycles. The quantitative estimate of drug-likeness (QED) is 0.894. The number of aliphatic carboxylic acids is 1. The average Bonchev–Trinajstić information content (AvgIpc) is 2.67. The van der Waals surface area contributed by atoms with Gasteiger partial charge in [0.1, 0.15) is 0 Å². The van der Waals surface area contributed by atoms with Gasteiger partial charge in [-0.3, -0.25) is 9.59 Å². The van der Waals surface area contributed by atoms with Crippen molar-refractivity contribution in [2.24, 2.45) is 5.92 Å². The van der Waals surface area contributed by atoms with E-state index >= 15 is 0 Å². The van der Waals surface area contributed by atoms with Crippen LogP contribution in [0.3, 0.4) is 0 Å². The first kappa shape index (κ1) is 12.1. The number of nitrogens with zero attached hydrogens (tertiary/aromatic N) is 1. The summed E-state index contributed by atoms with van der Waals surface area (Å²) < 4.78 is 0. The Hall–Kier alpha value is -1.36. The highest BCUT2D eigenvalue weighted by Crippen LogP contribution is 2.23. The molecule has 0 spiro atoms. The van der Waals surface area contributed by atoms with Gasteiger partial charge in [0, 0.05) is 17.8 Å². The molecular weight excluding hydrogens is 238 g/mol. The molecule has 1 aromatic rings. The van der Waals surface area contributed by atoms with E-state index in [1.165, 1.54) is 10.4 Å². The number of rotatable bonds is 3. The molecule has 1 amide bonds. The fourth-order valence-electron chi connectivity index (χ4n) is 2.00. The van der Waals surface area contributed by atoms with Gasteiger partial charge in [-0.2, -0.15) is 0 Å². The van der Waals surface area contributed by atoms with Gasteiger partial charge in [0.2, 0.25) is 5.91 Å². The second-order valence-corrected chi connectivity index (χ2v) is 5.37. The molecule has 1 fully saturated rings. The van der Waals surface area contributed by atoms with Gasteiger partial charge in [0.05, 0.1) is 12.5 Å². The number of carboxylic acids is 1. The number of piperidine rings is 1. The number of thiophene rings is 1. The number of likely N-dealkylation sites (tertiary alicyclic amines) is 1. The highest BCUT2D eigenvalue weighted by atomic mass is 32.1. The SMILES string of the molecule is Cc1ccsc1CN1CCC(C(=O)O)CC1=O. The minimum absolute atomic E-state index is 0.0450. The van der Waals surface area contributed by atoms with Crippen LogP contribution in [0.2, 0.25) is 0 Å². The van der Waals surface area contributed by atoms with Crippen molar-refractivity contribution in [2.75, 3.05) is 6.54 Å². The maximum absolute atomic E-state index is 11.8. The molecule has 0 aromatic carbocycles. The average molecular weight is 253 g/mol. The number of aryl methyl sites for hydroxylation is 1. The van der Waals surface area contributed by atoms with E-state index in [9.17, 15) is 9.59 Å². The molecule has 2 rings (SSSR count). The summed E-state index contributed by atoms with van der Waals surface area (Å²) in [5.74, 6) is -1.40. The smallest absolute Gasteiger partial charge is 0.307 e. The Balaban J connectivity index is 1.99. The van der Waals surface area contributed by atoms with Crippen molar-refractivity contribution in [1.82, 2.24) is 4.90 Å². The summed E-state index contributed by atoms with van der Waals surface area (Å²) >= 11 is 1.64. The molecule has 17 heavy (non-hydrogen) atoms. The van der Waals surface area contributed by atoms with Crippen LogP contribution in [-0.2, 0) is 16.1 Å². The van der Waals surface area contributed by atoms with E-state index in [2.05, 4.69) is 0 Å². The molecule has 4 nitrogen and oxygen atoms in total. The Kier molecular flexibility index (Phi) is 3.47. The van der Waals surface area contributed by atoms with E-state index in [4.69, 9.17) is 5.11 Å². The van der Waals surface area contributed by atoms with Crippen molar-refractivity contribution >= 4 is 23.2 Å². The lowest BCUT2D eigenvalue weighted by molar-refractivity contribution is -0.149. The van der Waals surface area contributed by atoms with E-state index in [1.54, 1.807) is 16.2 Å². The molecule has 5 heteroatoms. The van der Waals surface area contributed by atoms with Crippen LogP contribution in [0.25, 0.3) is 0 Å². The topological polar surface area (TPSA) is 57.6 Å². The van der Waals surface area contributed by atoms with Gasteiger partial charge in [-0.25, -0.2) is 0 Å². The summed E-state index contributed by atoms with van der Waals surface area (Å²) in [5.41, 5.74) is 1.20. The fourth-order valence-corrected chi connectivity index (χ4v) is 2.92. The summed E-state index contributed by atoms with van der Waals surface area (Å²) in [6, 6.07) is 2.04. The van der Waals surface area contributed by atoms with Crippen molar-refractivity contribution < 1.29 is 14.7 Å². The second-order valence-electron chi connectivity index (χ2n) is 4.37. The third kappa shape index (κ3) is 2.66. The van der Waals surface area contributed by atoms with Crippen LogP contribution in [0.5, 0.6) is 0 Å². The van der Waals surface area contributed by atoms with Crippen LogP contribution in [0, 0.1) is 12.8 Å². The van der Waals surface area contributed by atoms with Crippen molar-refractivity contribution in [2.45, 2.75) is 26.3 Å². The molecule has 1 unspecified atom stereocenters. The lowest BCUT2D eigenvalue weighted by Crippen LogP contribution is -2.40. The molecule has 1 aliphatic rings. The van der Waals surface area contributed by atoms with E-state index in [0.717, 1.165) is 0 Å². The maximum atomic E-state index is 11.8. The zero-order valence-electron chi connectivity index (χ0n) is 9.68. The van der Waals surface area contributed by atoms with Crippen LogP contribution < -0.4 is 0 Å². The first-order valence-corrected chi connectivity index (χ1v) is 6.49. The molecule has 1 atom stereocenters. The Labute approximate surface area is 104 Å². The highest BCUT2D eigenvalue weighted by Gasteiger charge is 2.30.